The van der Waals surface area contributed by atoms with Crippen LogP contribution in [0.15, 0.2) is 24.3 Å². The molecule has 0 bridgehead atoms. The van der Waals surface area contributed by atoms with E-state index in [9.17, 15) is 14.0 Å². The van der Waals surface area contributed by atoms with Crippen LogP contribution in [0.2, 0.25) is 0 Å². The summed E-state index contributed by atoms with van der Waals surface area (Å²) < 4.78 is 19.2. The van der Waals surface area contributed by atoms with Crippen LogP contribution in [0.4, 0.5) is 4.39 Å². The Hall–Kier alpha value is -1.91. The monoisotopic (exact) mass is 349 g/mol. The number of amides is 1. The molecule has 0 saturated carbocycles. The highest BCUT2D eigenvalue weighted by atomic mass is 19.1. The molecule has 1 atom stereocenters. The number of hydrogen-bond acceptors (Lipinski definition) is 3. The van der Waals surface area contributed by atoms with E-state index in [1.54, 1.807) is 12.1 Å². The zero-order valence-corrected chi connectivity index (χ0v) is 15.0. The number of hydrogen-bond donors (Lipinski definition) is 0. The van der Waals surface area contributed by atoms with Crippen LogP contribution < -0.4 is 0 Å². The van der Waals surface area contributed by atoms with E-state index < -0.39 is 17.8 Å². The molecule has 0 aromatic heterocycles. The highest BCUT2D eigenvalue weighted by Gasteiger charge is 2.36. The predicted molar refractivity (Wildman–Crippen MR) is 94.8 cm³/mol. The minimum absolute atomic E-state index is 0.0122. The standard InChI is InChI=1S/C20H28FNO3/c1-2-3-4-5-6-9-15-25-20(24)18-13-10-14-22(18)19(23)16-11-7-8-12-17(16)21/h7-8,11-12,18H,2-6,9-10,13-15H2,1H3. The Balaban J connectivity index is 1.81. The quantitative estimate of drug-likeness (QED) is 0.492. The molecular weight excluding hydrogens is 321 g/mol. The Bertz CT molecular complexity index is 576. The molecule has 2 rings (SSSR count). The van der Waals surface area contributed by atoms with Gasteiger partial charge in [-0.3, -0.25) is 4.79 Å². The molecule has 4 nitrogen and oxygen atoms in total. The van der Waals surface area contributed by atoms with Gasteiger partial charge in [0.1, 0.15) is 11.9 Å². The fourth-order valence-corrected chi connectivity index (χ4v) is 3.20. The van der Waals surface area contributed by atoms with Crippen molar-refractivity contribution in [3.05, 3.63) is 35.6 Å². The molecule has 25 heavy (non-hydrogen) atoms. The molecule has 1 fully saturated rings. The Kier molecular flexibility index (Phi) is 7.89. The lowest BCUT2D eigenvalue weighted by molar-refractivity contribution is -0.148. The lowest BCUT2D eigenvalue weighted by atomic mass is 10.1. The van der Waals surface area contributed by atoms with Crippen LogP contribution in [0.5, 0.6) is 0 Å². The summed E-state index contributed by atoms with van der Waals surface area (Å²) in [4.78, 5) is 26.3. The first kappa shape index (κ1) is 19.4. The summed E-state index contributed by atoms with van der Waals surface area (Å²) in [6.45, 7) is 3.03. The number of rotatable bonds is 9. The third-order valence-corrected chi connectivity index (χ3v) is 4.63. The maximum atomic E-state index is 13.8. The predicted octanol–water partition coefficient (Wildman–Crippen LogP) is 4.33. The molecule has 1 aromatic carbocycles. The molecule has 1 aliphatic heterocycles. The molecule has 1 heterocycles. The van der Waals surface area contributed by atoms with Gasteiger partial charge in [0, 0.05) is 6.54 Å². The summed E-state index contributed by atoms with van der Waals surface area (Å²) in [5.74, 6) is -1.36. The van der Waals surface area contributed by atoms with Crippen molar-refractivity contribution in [3.63, 3.8) is 0 Å². The number of unbranched alkanes of at least 4 members (excludes halogenated alkanes) is 5. The van der Waals surface area contributed by atoms with E-state index in [4.69, 9.17) is 4.74 Å². The summed E-state index contributed by atoms with van der Waals surface area (Å²) in [7, 11) is 0. The van der Waals surface area contributed by atoms with Crippen LogP contribution in [0.3, 0.4) is 0 Å². The number of halogens is 1. The number of nitrogens with zero attached hydrogens (tertiary/aromatic N) is 1. The average molecular weight is 349 g/mol. The van der Waals surface area contributed by atoms with Crippen molar-refractivity contribution < 1.29 is 18.7 Å². The van der Waals surface area contributed by atoms with E-state index in [0.29, 0.717) is 19.6 Å². The van der Waals surface area contributed by atoms with Crippen LogP contribution in [-0.2, 0) is 9.53 Å². The summed E-state index contributed by atoms with van der Waals surface area (Å²) in [5, 5.41) is 0. The van der Waals surface area contributed by atoms with Crippen molar-refractivity contribution in [1.29, 1.82) is 0 Å². The first-order valence-corrected chi connectivity index (χ1v) is 9.37. The number of likely N-dealkylation sites (tertiary alicyclic amines) is 1. The van der Waals surface area contributed by atoms with E-state index in [-0.39, 0.29) is 11.5 Å². The van der Waals surface area contributed by atoms with Gasteiger partial charge in [-0.15, -0.1) is 0 Å². The van der Waals surface area contributed by atoms with Gasteiger partial charge in [-0.25, -0.2) is 9.18 Å². The van der Waals surface area contributed by atoms with Crippen LogP contribution >= 0.6 is 0 Å². The van der Waals surface area contributed by atoms with Crippen LogP contribution in [0, 0.1) is 5.82 Å². The highest BCUT2D eigenvalue weighted by Crippen LogP contribution is 2.22. The second-order valence-electron chi connectivity index (χ2n) is 6.57. The van der Waals surface area contributed by atoms with E-state index in [0.717, 1.165) is 25.7 Å². The third kappa shape index (κ3) is 5.55. The molecule has 0 aliphatic carbocycles. The number of carbonyl (C=O) groups is 2. The maximum Gasteiger partial charge on any atom is 0.328 e. The maximum absolute atomic E-state index is 13.8. The fourth-order valence-electron chi connectivity index (χ4n) is 3.20. The number of ether oxygens (including phenoxy) is 1. The van der Waals surface area contributed by atoms with Crippen molar-refractivity contribution in [2.45, 2.75) is 64.3 Å². The largest absolute Gasteiger partial charge is 0.464 e. The second kappa shape index (κ2) is 10.2. The van der Waals surface area contributed by atoms with Gasteiger partial charge in [0.15, 0.2) is 0 Å². The molecule has 1 aromatic rings. The highest BCUT2D eigenvalue weighted by molar-refractivity contribution is 5.97. The van der Waals surface area contributed by atoms with Crippen LogP contribution in [0.25, 0.3) is 0 Å². The second-order valence-corrected chi connectivity index (χ2v) is 6.57. The lowest BCUT2D eigenvalue weighted by Gasteiger charge is -2.23. The first-order valence-electron chi connectivity index (χ1n) is 9.37. The Morgan fingerprint density at radius 2 is 1.88 bits per heavy atom. The van der Waals surface area contributed by atoms with Crippen LogP contribution in [0.1, 0.15) is 68.6 Å². The van der Waals surface area contributed by atoms with Gasteiger partial charge < -0.3 is 9.64 Å². The van der Waals surface area contributed by atoms with Crippen molar-refractivity contribution in [2.75, 3.05) is 13.2 Å². The van der Waals surface area contributed by atoms with Crippen molar-refractivity contribution >= 4 is 11.9 Å². The van der Waals surface area contributed by atoms with Crippen molar-refractivity contribution in [2.24, 2.45) is 0 Å². The Labute approximate surface area is 149 Å². The SMILES string of the molecule is CCCCCCCCOC(=O)C1CCCN1C(=O)c1ccccc1F. The Morgan fingerprint density at radius 1 is 1.16 bits per heavy atom. The van der Waals surface area contributed by atoms with Crippen molar-refractivity contribution in [3.8, 4) is 0 Å². The summed E-state index contributed by atoms with van der Waals surface area (Å²) >= 11 is 0. The zero-order chi connectivity index (χ0) is 18.1. The number of carbonyl (C=O) groups excluding carboxylic acids is 2. The molecule has 1 aliphatic rings. The van der Waals surface area contributed by atoms with Gasteiger partial charge >= 0.3 is 5.97 Å². The molecule has 1 amide bonds. The lowest BCUT2D eigenvalue weighted by Crippen LogP contribution is -2.41. The molecule has 0 N–H and O–H groups in total. The Morgan fingerprint density at radius 3 is 2.64 bits per heavy atom. The first-order chi connectivity index (χ1) is 12.1. The zero-order valence-electron chi connectivity index (χ0n) is 15.0. The molecule has 0 spiro atoms. The third-order valence-electron chi connectivity index (χ3n) is 4.63. The van der Waals surface area contributed by atoms with Gasteiger partial charge in [-0.2, -0.15) is 0 Å². The summed E-state index contributed by atoms with van der Waals surface area (Å²) in [5.41, 5.74) is 0.0122. The van der Waals surface area contributed by atoms with E-state index in [1.807, 2.05) is 0 Å². The fraction of sp³-hybridized carbons (Fsp3) is 0.600. The molecule has 138 valence electrons. The van der Waals surface area contributed by atoms with Crippen molar-refractivity contribution in [1.82, 2.24) is 4.90 Å². The minimum atomic E-state index is -0.591. The molecule has 5 heteroatoms. The summed E-state index contributed by atoms with van der Waals surface area (Å²) in [6, 6.07) is 5.29. The number of esters is 1. The minimum Gasteiger partial charge on any atom is -0.464 e. The van der Waals surface area contributed by atoms with Gasteiger partial charge in [0.2, 0.25) is 0 Å². The van der Waals surface area contributed by atoms with E-state index in [2.05, 4.69) is 6.92 Å². The molecule has 1 saturated heterocycles. The van der Waals surface area contributed by atoms with Gasteiger partial charge in [0.25, 0.3) is 5.91 Å². The van der Waals surface area contributed by atoms with Gasteiger partial charge in [-0.05, 0) is 31.4 Å². The molecule has 0 radical (unpaired) electrons. The van der Waals surface area contributed by atoms with E-state index >= 15 is 0 Å². The molecule has 1 unspecified atom stereocenters. The van der Waals surface area contributed by atoms with E-state index in [1.165, 1.54) is 36.3 Å². The smallest absolute Gasteiger partial charge is 0.328 e. The van der Waals surface area contributed by atoms with Gasteiger partial charge in [0.05, 0.1) is 12.2 Å². The molecular formula is C20H28FNO3. The van der Waals surface area contributed by atoms with Gasteiger partial charge in [-0.1, -0.05) is 51.2 Å². The topological polar surface area (TPSA) is 46.6 Å². The normalized spacial score (nSPS) is 16.9. The average Bonchev–Trinajstić information content (AvgIpc) is 3.10. The number of benzene rings is 1. The summed E-state index contributed by atoms with van der Waals surface area (Å²) in [6.07, 6.45) is 8.05. The van der Waals surface area contributed by atoms with Crippen LogP contribution in [-0.4, -0.2) is 36.0 Å².